The number of thioether (sulfide) groups is 1. The molecule has 33 heavy (non-hydrogen) atoms. The van der Waals surface area contributed by atoms with Gasteiger partial charge in [-0.05, 0) is 62.1 Å². The van der Waals surface area contributed by atoms with Crippen molar-refractivity contribution in [2.24, 2.45) is 0 Å². The molecule has 1 saturated heterocycles. The molecule has 1 amide bonds. The molecule has 1 saturated carbocycles. The van der Waals surface area contributed by atoms with Gasteiger partial charge in [-0.1, -0.05) is 11.8 Å². The number of nitrogens with one attached hydrogen (secondary N) is 1. The van der Waals surface area contributed by atoms with Gasteiger partial charge in [-0.25, -0.2) is 8.42 Å². The van der Waals surface area contributed by atoms with Crippen LogP contribution in [-0.4, -0.2) is 57.2 Å². The van der Waals surface area contributed by atoms with Crippen LogP contribution >= 0.6 is 11.8 Å². The first kappa shape index (κ1) is 22.1. The molecule has 0 unspecified atom stereocenters. The third kappa shape index (κ3) is 4.80. The van der Waals surface area contributed by atoms with Gasteiger partial charge in [-0.3, -0.25) is 14.3 Å². The van der Waals surface area contributed by atoms with E-state index in [1.807, 2.05) is 12.1 Å². The Hall–Kier alpha value is -2.76. The van der Waals surface area contributed by atoms with Gasteiger partial charge in [-0.15, -0.1) is 10.2 Å². The Balaban J connectivity index is 1.22. The number of pyridine rings is 1. The lowest BCUT2D eigenvalue weighted by Gasteiger charge is -2.15. The zero-order valence-electron chi connectivity index (χ0n) is 17.9. The average molecular weight is 485 g/mol. The molecule has 11 heteroatoms. The summed E-state index contributed by atoms with van der Waals surface area (Å²) in [5, 5.41) is 12.2. The maximum Gasteiger partial charge on any atom is 0.243 e. The number of benzene rings is 1. The third-order valence-electron chi connectivity index (χ3n) is 5.69. The van der Waals surface area contributed by atoms with E-state index >= 15 is 0 Å². The number of rotatable bonds is 8. The molecule has 0 atom stereocenters. The Bertz CT molecular complexity index is 1230. The van der Waals surface area contributed by atoms with Crippen LogP contribution in [0.1, 0.15) is 31.7 Å². The van der Waals surface area contributed by atoms with Gasteiger partial charge in [0.1, 0.15) is 0 Å². The molecular weight excluding hydrogens is 460 g/mol. The molecule has 3 heterocycles. The van der Waals surface area contributed by atoms with Crippen LogP contribution in [-0.2, 0) is 14.8 Å². The van der Waals surface area contributed by atoms with Crippen molar-refractivity contribution in [3.63, 3.8) is 0 Å². The van der Waals surface area contributed by atoms with E-state index in [-0.39, 0.29) is 16.6 Å². The smallest absolute Gasteiger partial charge is 0.243 e. The van der Waals surface area contributed by atoms with Gasteiger partial charge in [0.05, 0.1) is 10.6 Å². The molecular formula is C22H24N6O3S2. The standard InChI is InChI=1S/C22H24N6O3S2/c29-20(24-17-3-7-19(8-4-17)33(30,31)27-13-1-2-14-27)15-32-22-26-25-21(28(22)18-5-6-18)16-9-11-23-12-10-16/h3-4,7-12,18H,1-2,5-6,13-15H2,(H,24,29). The highest BCUT2D eigenvalue weighted by Crippen LogP contribution is 2.41. The number of aromatic nitrogens is 4. The first-order valence-corrected chi connectivity index (χ1v) is 13.3. The summed E-state index contributed by atoms with van der Waals surface area (Å²) in [4.78, 5) is 16.8. The van der Waals surface area contributed by atoms with Crippen molar-refractivity contribution >= 4 is 33.4 Å². The summed E-state index contributed by atoms with van der Waals surface area (Å²) < 4.78 is 28.9. The van der Waals surface area contributed by atoms with Crippen molar-refractivity contribution in [1.29, 1.82) is 0 Å². The maximum absolute atomic E-state index is 12.6. The van der Waals surface area contributed by atoms with Gasteiger partial charge in [0.25, 0.3) is 0 Å². The number of hydrogen-bond acceptors (Lipinski definition) is 7. The molecule has 3 aromatic rings. The SMILES string of the molecule is O=C(CSc1nnc(-c2ccncc2)n1C1CC1)Nc1ccc(S(=O)(=O)N2CCCC2)cc1. The number of hydrogen-bond donors (Lipinski definition) is 1. The zero-order valence-corrected chi connectivity index (χ0v) is 19.6. The van der Waals surface area contributed by atoms with Crippen LogP contribution in [0, 0.1) is 0 Å². The molecule has 1 aliphatic heterocycles. The molecule has 1 aliphatic carbocycles. The second-order valence-corrected chi connectivity index (χ2v) is 11.0. The summed E-state index contributed by atoms with van der Waals surface area (Å²) in [6, 6.07) is 10.5. The predicted molar refractivity (Wildman–Crippen MR) is 125 cm³/mol. The third-order valence-corrected chi connectivity index (χ3v) is 8.54. The van der Waals surface area contributed by atoms with E-state index in [9.17, 15) is 13.2 Å². The minimum atomic E-state index is -3.46. The van der Waals surface area contributed by atoms with Gasteiger partial charge in [-0.2, -0.15) is 4.31 Å². The van der Waals surface area contributed by atoms with Crippen molar-refractivity contribution in [2.45, 2.75) is 41.8 Å². The van der Waals surface area contributed by atoms with Crippen LogP contribution in [0.25, 0.3) is 11.4 Å². The molecule has 2 aliphatic rings. The normalized spacial score (nSPS) is 16.7. The highest BCUT2D eigenvalue weighted by Gasteiger charge is 2.30. The van der Waals surface area contributed by atoms with Crippen LogP contribution in [0.15, 0.2) is 58.8 Å². The summed E-state index contributed by atoms with van der Waals surface area (Å²) in [6.45, 7) is 1.12. The van der Waals surface area contributed by atoms with Crippen molar-refractivity contribution in [1.82, 2.24) is 24.1 Å². The molecule has 2 aromatic heterocycles. The van der Waals surface area contributed by atoms with E-state index in [0.29, 0.717) is 30.0 Å². The zero-order chi connectivity index (χ0) is 22.8. The Kier molecular flexibility index (Phi) is 6.17. The Morgan fingerprint density at radius 3 is 2.39 bits per heavy atom. The van der Waals surface area contributed by atoms with Crippen LogP contribution in [0.4, 0.5) is 5.69 Å². The summed E-state index contributed by atoms with van der Waals surface area (Å²) in [5.74, 6) is 0.776. The van der Waals surface area contributed by atoms with Gasteiger partial charge in [0.2, 0.25) is 15.9 Å². The maximum atomic E-state index is 12.6. The van der Waals surface area contributed by atoms with Crippen LogP contribution in [0.3, 0.4) is 0 Å². The molecule has 1 N–H and O–H groups in total. The highest BCUT2D eigenvalue weighted by molar-refractivity contribution is 7.99. The molecule has 0 bridgehead atoms. The summed E-state index contributed by atoms with van der Waals surface area (Å²) in [5.41, 5.74) is 1.51. The molecule has 5 rings (SSSR count). The number of sulfonamides is 1. The number of carbonyl (C=O) groups excluding carboxylic acids is 1. The average Bonchev–Trinajstić information content (AvgIpc) is 3.33. The van der Waals surface area contributed by atoms with E-state index in [0.717, 1.165) is 37.1 Å². The first-order chi connectivity index (χ1) is 16.0. The van der Waals surface area contributed by atoms with Crippen molar-refractivity contribution in [3.05, 3.63) is 48.8 Å². The first-order valence-electron chi connectivity index (χ1n) is 10.9. The van der Waals surface area contributed by atoms with Crippen LogP contribution < -0.4 is 5.32 Å². The van der Waals surface area contributed by atoms with E-state index in [2.05, 4.69) is 25.1 Å². The second kappa shape index (κ2) is 9.24. The summed E-state index contributed by atoms with van der Waals surface area (Å²) in [6.07, 6.45) is 7.38. The van der Waals surface area contributed by atoms with Crippen molar-refractivity contribution in [3.8, 4) is 11.4 Å². The summed E-state index contributed by atoms with van der Waals surface area (Å²) >= 11 is 1.34. The van der Waals surface area contributed by atoms with E-state index in [1.165, 1.54) is 16.1 Å². The fourth-order valence-electron chi connectivity index (χ4n) is 3.85. The van der Waals surface area contributed by atoms with Crippen molar-refractivity contribution in [2.75, 3.05) is 24.2 Å². The quantitative estimate of drug-likeness (QED) is 0.489. The number of carbonyl (C=O) groups is 1. The van der Waals surface area contributed by atoms with E-state index in [1.54, 1.807) is 36.7 Å². The van der Waals surface area contributed by atoms with E-state index in [4.69, 9.17) is 0 Å². The minimum absolute atomic E-state index is 0.176. The van der Waals surface area contributed by atoms with Gasteiger partial charge in [0.15, 0.2) is 11.0 Å². The lowest BCUT2D eigenvalue weighted by atomic mass is 10.2. The monoisotopic (exact) mass is 484 g/mol. The lowest BCUT2D eigenvalue weighted by molar-refractivity contribution is -0.113. The Morgan fingerprint density at radius 2 is 1.73 bits per heavy atom. The highest BCUT2D eigenvalue weighted by atomic mass is 32.2. The lowest BCUT2D eigenvalue weighted by Crippen LogP contribution is -2.27. The van der Waals surface area contributed by atoms with Crippen LogP contribution in [0.5, 0.6) is 0 Å². The topological polar surface area (TPSA) is 110 Å². The fraction of sp³-hybridized carbons (Fsp3) is 0.364. The predicted octanol–water partition coefficient (Wildman–Crippen LogP) is 3.19. The van der Waals surface area contributed by atoms with E-state index < -0.39 is 10.0 Å². The number of amides is 1. The largest absolute Gasteiger partial charge is 0.325 e. The Morgan fingerprint density at radius 1 is 1.03 bits per heavy atom. The molecule has 0 radical (unpaired) electrons. The van der Waals surface area contributed by atoms with Crippen LogP contribution in [0.2, 0.25) is 0 Å². The second-order valence-electron chi connectivity index (χ2n) is 8.12. The Labute approximate surface area is 196 Å². The number of nitrogens with zero attached hydrogens (tertiary/aromatic N) is 5. The minimum Gasteiger partial charge on any atom is -0.325 e. The molecule has 9 nitrogen and oxygen atoms in total. The summed E-state index contributed by atoms with van der Waals surface area (Å²) in [7, 11) is -3.46. The molecule has 172 valence electrons. The fourth-order valence-corrected chi connectivity index (χ4v) is 6.17. The molecule has 2 fully saturated rings. The number of anilines is 1. The van der Waals surface area contributed by atoms with Crippen molar-refractivity contribution < 1.29 is 13.2 Å². The van der Waals surface area contributed by atoms with Gasteiger partial charge in [0, 0.05) is 42.8 Å². The van der Waals surface area contributed by atoms with Gasteiger partial charge >= 0.3 is 0 Å². The van der Waals surface area contributed by atoms with Gasteiger partial charge < -0.3 is 5.32 Å². The molecule has 0 spiro atoms. The molecule has 1 aromatic carbocycles.